The summed E-state index contributed by atoms with van der Waals surface area (Å²) in [6.07, 6.45) is 5.34. The van der Waals surface area contributed by atoms with Gasteiger partial charge in [-0.1, -0.05) is 0 Å². The van der Waals surface area contributed by atoms with Crippen molar-refractivity contribution in [1.29, 1.82) is 0 Å². The summed E-state index contributed by atoms with van der Waals surface area (Å²) in [5.74, 6) is 0.639. The number of hydrogen-bond acceptors (Lipinski definition) is 4. The lowest BCUT2D eigenvalue weighted by molar-refractivity contribution is 0.0634. The van der Waals surface area contributed by atoms with Gasteiger partial charge in [0.2, 0.25) is 0 Å². The Morgan fingerprint density at radius 2 is 2.04 bits per heavy atom. The minimum Gasteiger partial charge on any atom is -0.444 e. The molecule has 2 aromatic rings. The first-order valence-electron chi connectivity index (χ1n) is 7.57. The molecule has 0 spiro atoms. The Morgan fingerprint density at radius 1 is 1.30 bits per heavy atom. The van der Waals surface area contributed by atoms with Crippen molar-refractivity contribution in [3.8, 4) is 0 Å². The van der Waals surface area contributed by atoms with Crippen molar-refractivity contribution >= 4 is 11.9 Å². The average molecular weight is 319 g/mol. The molecule has 2 rings (SSSR count). The minimum atomic E-state index is -0.533. The zero-order chi connectivity index (χ0) is 17.0. The highest BCUT2D eigenvalue weighted by Crippen LogP contribution is 2.16. The van der Waals surface area contributed by atoms with E-state index >= 15 is 0 Å². The molecule has 0 aliphatic heterocycles. The molecule has 7 heteroatoms. The molecule has 2 N–H and O–H groups in total. The Hall–Kier alpha value is -2.28. The fourth-order valence-electron chi connectivity index (χ4n) is 2.18. The van der Waals surface area contributed by atoms with E-state index in [0.29, 0.717) is 12.4 Å². The van der Waals surface area contributed by atoms with Crippen molar-refractivity contribution in [1.82, 2.24) is 19.7 Å². The summed E-state index contributed by atoms with van der Waals surface area (Å²) in [5, 5.41) is 10.3. The smallest absolute Gasteiger partial charge is 0.413 e. The first kappa shape index (κ1) is 17.1. The van der Waals surface area contributed by atoms with Gasteiger partial charge in [0.25, 0.3) is 0 Å². The van der Waals surface area contributed by atoms with Crippen LogP contribution in [-0.4, -0.2) is 26.0 Å². The number of amides is 1. The Bertz CT molecular complexity index is 666. The minimum absolute atomic E-state index is 0.481. The largest absolute Gasteiger partial charge is 0.444 e. The SMILES string of the molecule is Cn1ccc(CNCc2cnn(C)c2NC(=O)OC(C)(C)C)c1. The summed E-state index contributed by atoms with van der Waals surface area (Å²) in [6, 6.07) is 2.07. The normalized spacial score (nSPS) is 11.5. The first-order chi connectivity index (χ1) is 10.7. The molecule has 0 aliphatic rings. The van der Waals surface area contributed by atoms with Crippen molar-refractivity contribution in [2.24, 2.45) is 14.1 Å². The zero-order valence-corrected chi connectivity index (χ0v) is 14.4. The van der Waals surface area contributed by atoms with E-state index in [4.69, 9.17) is 4.74 Å². The van der Waals surface area contributed by atoms with E-state index in [0.717, 1.165) is 12.1 Å². The van der Waals surface area contributed by atoms with Crippen molar-refractivity contribution in [3.63, 3.8) is 0 Å². The van der Waals surface area contributed by atoms with Gasteiger partial charge in [-0.3, -0.25) is 10.00 Å². The lowest BCUT2D eigenvalue weighted by atomic mass is 10.2. The maximum atomic E-state index is 11.9. The van der Waals surface area contributed by atoms with Gasteiger partial charge in [-0.2, -0.15) is 5.10 Å². The molecule has 2 heterocycles. The molecular weight excluding hydrogens is 294 g/mol. The molecule has 0 aromatic carbocycles. The van der Waals surface area contributed by atoms with Gasteiger partial charge in [-0.25, -0.2) is 4.79 Å². The highest BCUT2D eigenvalue weighted by Gasteiger charge is 2.18. The van der Waals surface area contributed by atoms with E-state index in [-0.39, 0.29) is 0 Å². The van der Waals surface area contributed by atoms with E-state index in [9.17, 15) is 4.79 Å². The molecule has 126 valence electrons. The van der Waals surface area contributed by atoms with Crippen LogP contribution in [0, 0.1) is 0 Å². The summed E-state index contributed by atoms with van der Waals surface area (Å²) in [5.41, 5.74) is 1.58. The summed E-state index contributed by atoms with van der Waals surface area (Å²) >= 11 is 0. The van der Waals surface area contributed by atoms with Crippen LogP contribution in [0.1, 0.15) is 31.9 Å². The third-order valence-corrected chi connectivity index (χ3v) is 3.17. The Balaban J connectivity index is 1.94. The van der Waals surface area contributed by atoms with Crippen LogP contribution in [0.3, 0.4) is 0 Å². The van der Waals surface area contributed by atoms with Crippen LogP contribution in [0.25, 0.3) is 0 Å². The second-order valence-electron chi connectivity index (χ2n) is 6.56. The third kappa shape index (κ3) is 5.14. The van der Waals surface area contributed by atoms with Gasteiger partial charge in [0.15, 0.2) is 0 Å². The van der Waals surface area contributed by atoms with Gasteiger partial charge in [0.1, 0.15) is 11.4 Å². The average Bonchev–Trinajstić information content (AvgIpc) is 2.97. The van der Waals surface area contributed by atoms with Crippen LogP contribution in [0.4, 0.5) is 10.6 Å². The molecule has 0 aliphatic carbocycles. The maximum Gasteiger partial charge on any atom is 0.413 e. The number of ether oxygens (including phenoxy) is 1. The van der Waals surface area contributed by atoms with Gasteiger partial charge >= 0.3 is 6.09 Å². The van der Waals surface area contributed by atoms with Crippen LogP contribution in [0.2, 0.25) is 0 Å². The van der Waals surface area contributed by atoms with Gasteiger partial charge < -0.3 is 14.6 Å². The van der Waals surface area contributed by atoms with Crippen molar-refractivity contribution in [3.05, 3.63) is 35.8 Å². The lowest BCUT2D eigenvalue weighted by Gasteiger charge is -2.20. The highest BCUT2D eigenvalue weighted by atomic mass is 16.6. The predicted molar refractivity (Wildman–Crippen MR) is 89.0 cm³/mol. The number of nitrogens with one attached hydrogen (secondary N) is 2. The van der Waals surface area contributed by atoms with Gasteiger partial charge in [0, 0.05) is 45.1 Å². The lowest BCUT2D eigenvalue weighted by Crippen LogP contribution is -2.28. The molecule has 7 nitrogen and oxygen atoms in total. The van der Waals surface area contributed by atoms with Crippen LogP contribution in [0.5, 0.6) is 0 Å². The maximum absolute atomic E-state index is 11.9. The molecule has 0 radical (unpaired) electrons. The summed E-state index contributed by atoms with van der Waals surface area (Å²) in [6.45, 7) is 6.85. The topological polar surface area (TPSA) is 73.1 Å². The van der Waals surface area contributed by atoms with Gasteiger partial charge in [-0.15, -0.1) is 0 Å². The van der Waals surface area contributed by atoms with E-state index in [1.807, 2.05) is 38.6 Å². The summed E-state index contributed by atoms with van der Waals surface area (Å²) in [4.78, 5) is 11.9. The molecule has 23 heavy (non-hydrogen) atoms. The fourth-order valence-corrected chi connectivity index (χ4v) is 2.18. The molecule has 0 saturated carbocycles. The molecule has 0 bridgehead atoms. The van der Waals surface area contributed by atoms with Crippen LogP contribution in [0.15, 0.2) is 24.7 Å². The van der Waals surface area contributed by atoms with Gasteiger partial charge in [0.05, 0.1) is 6.20 Å². The second-order valence-corrected chi connectivity index (χ2v) is 6.56. The van der Waals surface area contributed by atoms with E-state index < -0.39 is 11.7 Å². The molecular formula is C16H25N5O2. The number of nitrogens with zero attached hydrogens (tertiary/aromatic N) is 3. The number of aryl methyl sites for hydroxylation is 2. The number of aromatic nitrogens is 3. The molecule has 0 atom stereocenters. The van der Waals surface area contributed by atoms with E-state index in [2.05, 4.69) is 28.0 Å². The number of carbonyl (C=O) groups excluding carboxylic acids is 1. The van der Waals surface area contributed by atoms with Gasteiger partial charge in [-0.05, 0) is 32.4 Å². The van der Waals surface area contributed by atoms with Crippen molar-refractivity contribution < 1.29 is 9.53 Å². The van der Waals surface area contributed by atoms with E-state index in [1.165, 1.54) is 5.56 Å². The quantitative estimate of drug-likeness (QED) is 0.887. The number of anilines is 1. The van der Waals surface area contributed by atoms with E-state index in [1.54, 1.807) is 17.9 Å². The predicted octanol–water partition coefficient (Wildman–Crippen LogP) is 2.40. The monoisotopic (exact) mass is 319 g/mol. The third-order valence-electron chi connectivity index (χ3n) is 3.17. The van der Waals surface area contributed by atoms with Crippen LogP contribution in [-0.2, 0) is 31.9 Å². The van der Waals surface area contributed by atoms with Crippen molar-refractivity contribution in [2.75, 3.05) is 5.32 Å². The molecule has 0 unspecified atom stereocenters. The second kappa shape index (κ2) is 6.87. The molecule has 2 aromatic heterocycles. The summed E-state index contributed by atoms with van der Waals surface area (Å²) in [7, 11) is 3.78. The van der Waals surface area contributed by atoms with Crippen LogP contribution < -0.4 is 10.6 Å². The summed E-state index contributed by atoms with van der Waals surface area (Å²) < 4.78 is 8.92. The Labute approximate surface area is 136 Å². The molecule has 0 saturated heterocycles. The number of hydrogen-bond donors (Lipinski definition) is 2. The standard InChI is InChI=1S/C16H25N5O2/c1-16(2,3)23-15(22)19-14-13(10-18-21(14)5)9-17-8-12-6-7-20(4)11-12/h6-7,10-11,17H,8-9H2,1-5H3,(H,19,22). The highest BCUT2D eigenvalue weighted by molar-refractivity contribution is 5.84. The first-order valence-corrected chi connectivity index (χ1v) is 7.57. The Morgan fingerprint density at radius 3 is 2.65 bits per heavy atom. The Kier molecular flexibility index (Phi) is 5.10. The molecule has 0 fully saturated rings. The van der Waals surface area contributed by atoms with Crippen LogP contribution >= 0.6 is 0 Å². The fraction of sp³-hybridized carbons (Fsp3) is 0.500. The zero-order valence-electron chi connectivity index (χ0n) is 14.4. The van der Waals surface area contributed by atoms with Crippen molar-refractivity contribution in [2.45, 2.75) is 39.5 Å². The number of carbonyl (C=O) groups is 1. The number of rotatable bonds is 5. The molecule has 1 amide bonds.